The molecule has 0 saturated carbocycles. The molecule has 0 saturated heterocycles. The van der Waals surface area contributed by atoms with Crippen molar-refractivity contribution >= 4 is 17.8 Å². The van der Waals surface area contributed by atoms with Crippen LogP contribution in [0.1, 0.15) is 31.0 Å². The van der Waals surface area contributed by atoms with Gasteiger partial charge in [-0.2, -0.15) is 9.61 Å². The maximum Gasteiger partial charge on any atom is 0.234 e. The van der Waals surface area contributed by atoms with Crippen LogP contribution >= 0.6 is 0 Å². The van der Waals surface area contributed by atoms with Crippen molar-refractivity contribution in [2.45, 2.75) is 32.1 Å². The summed E-state index contributed by atoms with van der Waals surface area (Å²) in [5.74, 6) is 0.362. The van der Waals surface area contributed by atoms with Gasteiger partial charge in [0.2, 0.25) is 5.95 Å². The van der Waals surface area contributed by atoms with E-state index < -0.39 is 5.79 Å². The Morgan fingerprint density at radius 1 is 1.08 bits per heavy atom. The van der Waals surface area contributed by atoms with Gasteiger partial charge in [-0.3, -0.25) is 15.6 Å². The first-order valence-electron chi connectivity index (χ1n) is 12.0. The Bertz CT molecular complexity index is 1420. The first-order chi connectivity index (χ1) is 17.3. The van der Waals surface area contributed by atoms with E-state index in [2.05, 4.69) is 39.4 Å². The van der Waals surface area contributed by atoms with Crippen molar-refractivity contribution in [2.24, 2.45) is 22.4 Å². The van der Waals surface area contributed by atoms with E-state index in [-0.39, 0.29) is 12.0 Å². The monoisotopic (exact) mass is 481 g/mol. The van der Waals surface area contributed by atoms with Crippen LogP contribution in [0.3, 0.4) is 0 Å². The van der Waals surface area contributed by atoms with Gasteiger partial charge in [0.25, 0.3) is 0 Å². The van der Waals surface area contributed by atoms with Crippen LogP contribution in [0.15, 0.2) is 83.9 Å². The highest BCUT2D eigenvalue weighted by atomic mass is 15.4. The Morgan fingerprint density at radius 3 is 2.67 bits per heavy atom. The Balaban J connectivity index is 1.41. The van der Waals surface area contributed by atoms with Gasteiger partial charge in [0.05, 0.1) is 5.69 Å². The molecule has 0 fully saturated rings. The third-order valence-corrected chi connectivity index (χ3v) is 6.60. The Hall–Kier alpha value is -4.08. The van der Waals surface area contributed by atoms with E-state index in [0.29, 0.717) is 11.6 Å². The van der Waals surface area contributed by atoms with Crippen molar-refractivity contribution in [2.75, 3.05) is 11.9 Å². The quantitative estimate of drug-likeness (QED) is 0.370. The van der Waals surface area contributed by atoms with Gasteiger partial charge in [-0.25, -0.2) is 9.97 Å². The number of anilines is 1. The molecule has 4 aromatic rings. The fourth-order valence-electron chi connectivity index (χ4n) is 4.36. The zero-order valence-electron chi connectivity index (χ0n) is 20.7. The lowest BCUT2D eigenvalue weighted by molar-refractivity contribution is 0.255. The summed E-state index contributed by atoms with van der Waals surface area (Å²) in [5, 5.41) is 7.83. The Morgan fingerprint density at radius 2 is 1.89 bits per heavy atom. The summed E-state index contributed by atoms with van der Waals surface area (Å²) in [4.78, 5) is 15.9. The fourth-order valence-corrected chi connectivity index (χ4v) is 4.36. The molecule has 3 atom stereocenters. The van der Waals surface area contributed by atoms with Crippen LogP contribution in [0, 0.1) is 5.92 Å². The van der Waals surface area contributed by atoms with Crippen molar-refractivity contribution in [3.8, 4) is 11.3 Å². The first-order valence-corrected chi connectivity index (χ1v) is 12.0. The average molecular weight is 482 g/mol. The number of rotatable bonds is 7. The highest BCUT2D eigenvalue weighted by molar-refractivity contribution is 5.75. The third kappa shape index (κ3) is 4.58. The van der Waals surface area contributed by atoms with E-state index in [1.54, 1.807) is 10.7 Å². The molecule has 2 aromatic carbocycles. The normalized spacial score (nSPS) is 19.0. The predicted octanol–water partition coefficient (Wildman–Crippen LogP) is 3.25. The molecule has 5 rings (SSSR count). The second kappa shape index (κ2) is 9.52. The molecule has 2 aromatic heterocycles. The summed E-state index contributed by atoms with van der Waals surface area (Å²) >= 11 is 0. The van der Waals surface area contributed by atoms with E-state index >= 15 is 0 Å². The molecule has 5 N–H and O–H groups in total. The second-order valence-corrected chi connectivity index (χ2v) is 9.32. The number of nitrogens with zero attached hydrogens (tertiary/aromatic N) is 6. The number of allylic oxidation sites excluding steroid dienone is 1. The molecule has 9 nitrogen and oxygen atoms in total. The smallest absolute Gasteiger partial charge is 0.234 e. The summed E-state index contributed by atoms with van der Waals surface area (Å²) < 4.78 is 1.71. The lowest BCUT2D eigenvalue weighted by Crippen LogP contribution is -2.60. The lowest BCUT2D eigenvalue weighted by atomic mass is 9.92. The van der Waals surface area contributed by atoms with Gasteiger partial charge in [0.15, 0.2) is 11.4 Å². The highest BCUT2D eigenvalue weighted by Gasteiger charge is 2.34. The summed E-state index contributed by atoms with van der Waals surface area (Å²) in [6.45, 7) is 4.08. The molecule has 36 heavy (non-hydrogen) atoms. The zero-order chi connectivity index (χ0) is 25.3. The number of benzene rings is 2. The molecule has 0 radical (unpaired) electrons. The molecule has 1 aliphatic rings. The molecule has 184 valence electrons. The summed E-state index contributed by atoms with van der Waals surface area (Å²) in [6.07, 6.45) is 5.90. The Kier molecular flexibility index (Phi) is 6.26. The van der Waals surface area contributed by atoms with Gasteiger partial charge in [-0.05, 0) is 30.5 Å². The molecule has 1 aliphatic heterocycles. The van der Waals surface area contributed by atoms with E-state index in [4.69, 9.17) is 16.5 Å². The summed E-state index contributed by atoms with van der Waals surface area (Å²) in [6, 6.07) is 20.2. The number of nitrogens with one attached hydrogen (secondary N) is 1. The van der Waals surface area contributed by atoms with Crippen molar-refractivity contribution in [3.05, 3.63) is 90.0 Å². The third-order valence-electron chi connectivity index (χ3n) is 6.60. The largest absolute Gasteiger partial charge is 0.335 e. The topological polar surface area (TPSA) is 123 Å². The van der Waals surface area contributed by atoms with Crippen molar-refractivity contribution in [1.29, 1.82) is 0 Å². The van der Waals surface area contributed by atoms with Gasteiger partial charge in [-0.1, -0.05) is 61.5 Å². The minimum absolute atomic E-state index is 0.0100. The number of aromatic nitrogens is 4. The number of aliphatic imine (C=N–C) groups is 1. The predicted molar refractivity (Wildman–Crippen MR) is 143 cm³/mol. The number of hydrogen-bond acceptors (Lipinski definition) is 8. The molecule has 0 spiro atoms. The van der Waals surface area contributed by atoms with Crippen molar-refractivity contribution in [1.82, 2.24) is 24.9 Å². The van der Waals surface area contributed by atoms with Crippen LogP contribution in [0.25, 0.3) is 16.9 Å². The lowest BCUT2D eigenvalue weighted by Gasteiger charge is -2.38. The van der Waals surface area contributed by atoms with Crippen LogP contribution in [-0.4, -0.2) is 38.6 Å². The van der Waals surface area contributed by atoms with Crippen LogP contribution in [0.5, 0.6) is 0 Å². The second-order valence-electron chi connectivity index (χ2n) is 9.32. The average Bonchev–Trinajstić information content (AvgIpc) is 3.37. The SMILES string of the molecule is CC(N)c1cccc(CC(C)C2(N)N=CC=C(N(C)c3nc(-c4ccccc4)cc4ncnn34)N2)c1. The van der Waals surface area contributed by atoms with Crippen molar-refractivity contribution in [3.63, 3.8) is 0 Å². The first kappa shape index (κ1) is 23.7. The van der Waals surface area contributed by atoms with Gasteiger partial charge >= 0.3 is 0 Å². The maximum absolute atomic E-state index is 6.81. The number of nitrogens with two attached hydrogens (primary N) is 2. The van der Waals surface area contributed by atoms with Crippen molar-refractivity contribution < 1.29 is 0 Å². The zero-order valence-corrected chi connectivity index (χ0v) is 20.7. The molecule has 0 amide bonds. The maximum atomic E-state index is 6.81. The Labute approximate surface area is 210 Å². The standard InChI is InChI=1S/C27H31N9/c1-18(14-20-8-7-11-22(15-20)19(2)28)27(29)31-13-12-24(34-27)35(3)26-33-23(21-9-5-4-6-10-21)16-25-30-17-32-36(25)26/h4-13,15-19,34H,14,28-29H2,1-3H3. The van der Waals surface area contributed by atoms with E-state index in [1.807, 2.05) is 73.5 Å². The molecular weight excluding hydrogens is 450 g/mol. The molecule has 3 unspecified atom stereocenters. The molecule has 9 heteroatoms. The number of hydrogen-bond donors (Lipinski definition) is 3. The highest BCUT2D eigenvalue weighted by Crippen LogP contribution is 2.27. The molecule has 3 heterocycles. The van der Waals surface area contributed by atoms with Crippen LogP contribution in [0.2, 0.25) is 0 Å². The molecule has 0 aliphatic carbocycles. The molecule has 0 bridgehead atoms. The van der Waals surface area contributed by atoms with E-state index in [0.717, 1.165) is 29.1 Å². The fraction of sp³-hybridized carbons (Fsp3) is 0.259. The van der Waals surface area contributed by atoms with Crippen LogP contribution < -0.4 is 21.7 Å². The minimum atomic E-state index is -0.999. The van der Waals surface area contributed by atoms with E-state index in [9.17, 15) is 0 Å². The van der Waals surface area contributed by atoms with E-state index in [1.165, 1.54) is 11.9 Å². The minimum Gasteiger partial charge on any atom is -0.335 e. The summed E-state index contributed by atoms with van der Waals surface area (Å²) in [5.41, 5.74) is 17.7. The molecular formula is C27H31N9. The summed E-state index contributed by atoms with van der Waals surface area (Å²) in [7, 11) is 1.92. The van der Waals surface area contributed by atoms with Gasteiger partial charge in [0, 0.05) is 36.9 Å². The van der Waals surface area contributed by atoms with Gasteiger partial charge in [0.1, 0.15) is 12.1 Å². The van der Waals surface area contributed by atoms with Gasteiger partial charge < -0.3 is 11.1 Å². The van der Waals surface area contributed by atoms with Crippen LogP contribution in [-0.2, 0) is 6.42 Å². The number of fused-ring (bicyclic) bond motifs is 1. The van der Waals surface area contributed by atoms with Gasteiger partial charge in [-0.15, -0.1) is 0 Å². The van der Waals surface area contributed by atoms with Crippen LogP contribution in [0.4, 0.5) is 5.95 Å².